The topological polar surface area (TPSA) is 12.5 Å². The molecule has 0 saturated carbocycles. The van der Waals surface area contributed by atoms with E-state index in [4.69, 9.17) is 4.74 Å². The molecule has 1 aliphatic rings. The highest BCUT2D eigenvalue weighted by Gasteiger charge is 2.18. The SMILES string of the molecule is CN1CC[C@@H](OCS)C1. The Bertz CT molecular complexity index is 87.1. The Morgan fingerprint density at radius 1 is 1.78 bits per heavy atom. The predicted octanol–water partition coefficient (Wildman–Crippen LogP) is 0.594. The summed E-state index contributed by atoms with van der Waals surface area (Å²) in [6.45, 7) is 2.24. The summed E-state index contributed by atoms with van der Waals surface area (Å²) in [6, 6.07) is 0. The van der Waals surface area contributed by atoms with Crippen LogP contribution in [0.25, 0.3) is 0 Å². The maximum Gasteiger partial charge on any atom is 0.0896 e. The molecule has 3 heteroatoms. The van der Waals surface area contributed by atoms with E-state index in [1.54, 1.807) is 0 Å². The third-order valence-electron chi connectivity index (χ3n) is 1.66. The first-order valence-electron chi connectivity index (χ1n) is 3.24. The number of thiol groups is 1. The second-order valence-electron chi connectivity index (χ2n) is 2.47. The van der Waals surface area contributed by atoms with Crippen LogP contribution < -0.4 is 0 Å². The van der Waals surface area contributed by atoms with Gasteiger partial charge in [-0.05, 0) is 13.5 Å². The maximum atomic E-state index is 5.30. The van der Waals surface area contributed by atoms with Crippen LogP contribution >= 0.6 is 12.6 Å². The minimum Gasteiger partial charge on any atom is -0.367 e. The lowest BCUT2D eigenvalue weighted by Gasteiger charge is -2.08. The lowest BCUT2D eigenvalue weighted by molar-refractivity contribution is 0.0992. The first-order chi connectivity index (χ1) is 4.33. The highest BCUT2D eigenvalue weighted by atomic mass is 32.1. The van der Waals surface area contributed by atoms with Crippen molar-refractivity contribution in [2.45, 2.75) is 12.5 Å². The molecule has 1 heterocycles. The van der Waals surface area contributed by atoms with Crippen molar-refractivity contribution in [2.24, 2.45) is 0 Å². The molecule has 9 heavy (non-hydrogen) atoms. The molecule has 0 radical (unpaired) electrons. The number of hydrogen-bond donors (Lipinski definition) is 1. The van der Waals surface area contributed by atoms with Gasteiger partial charge < -0.3 is 9.64 Å². The first-order valence-corrected chi connectivity index (χ1v) is 3.87. The molecular weight excluding hydrogens is 134 g/mol. The highest BCUT2D eigenvalue weighted by Crippen LogP contribution is 2.09. The van der Waals surface area contributed by atoms with E-state index in [2.05, 4.69) is 24.6 Å². The van der Waals surface area contributed by atoms with Crippen molar-refractivity contribution in [3.05, 3.63) is 0 Å². The van der Waals surface area contributed by atoms with Crippen molar-refractivity contribution < 1.29 is 4.74 Å². The average molecular weight is 147 g/mol. The van der Waals surface area contributed by atoms with Crippen LogP contribution in [0.3, 0.4) is 0 Å². The molecule has 0 aromatic rings. The van der Waals surface area contributed by atoms with Gasteiger partial charge in [0.1, 0.15) is 0 Å². The number of hydrogen-bond acceptors (Lipinski definition) is 3. The standard InChI is InChI=1S/C6H13NOS/c1-7-3-2-6(4-7)8-5-9/h6,9H,2-5H2,1H3/t6-/m1/s1. The molecule has 1 saturated heterocycles. The molecule has 0 unspecified atom stereocenters. The Morgan fingerprint density at radius 3 is 3.00 bits per heavy atom. The molecule has 0 N–H and O–H groups in total. The number of nitrogens with zero attached hydrogens (tertiary/aromatic N) is 1. The molecule has 1 aliphatic heterocycles. The Kier molecular flexibility index (Phi) is 2.82. The number of ether oxygens (including phenoxy) is 1. The van der Waals surface area contributed by atoms with Gasteiger partial charge in [0.15, 0.2) is 0 Å². The molecule has 0 aromatic heterocycles. The largest absolute Gasteiger partial charge is 0.367 e. The minimum absolute atomic E-state index is 0.437. The molecular formula is C6H13NOS. The Hall–Kier alpha value is 0.270. The van der Waals surface area contributed by atoms with Crippen LogP contribution in [0.4, 0.5) is 0 Å². The van der Waals surface area contributed by atoms with Crippen molar-refractivity contribution in [3.8, 4) is 0 Å². The number of rotatable bonds is 2. The highest BCUT2D eigenvalue weighted by molar-refractivity contribution is 7.80. The molecule has 0 aliphatic carbocycles. The molecule has 1 rings (SSSR count). The fraction of sp³-hybridized carbons (Fsp3) is 1.00. The molecule has 0 aromatic carbocycles. The van der Waals surface area contributed by atoms with Gasteiger partial charge in [0.25, 0.3) is 0 Å². The smallest absolute Gasteiger partial charge is 0.0896 e. The van der Waals surface area contributed by atoms with E-state index in [-0.39, 0.29) is 0 Å². The Morgan fingerprint density at radius 2 is 2.56 bits per heavy atom. The van der Waals surface area contributed by atoms with Crippen molar-refractivity contribution in [1.82, 2.24) is 4.90 Å². The summed E-state index contributed by atoms with van der Waals surface area (Å²) in [5.74, 6) is 0.554. The van der Waals surface area contributed by atoms with Crippen molar-refractivity contribution in [2.75, 3.05) is 26.1 Å². The normalized spacial score (nSPS) is 29.3. The molecule has 2 nitrogen and oxygen atoms in total. The van der Waals surface area contributed by atoms with E-state index < -0.39 is 0 Å². The van der Waals surface area contributed by atoms with E-state index in [0.29, 0.717) is 12.0 Å². The quantitative estimate of drug-likeness (QED) is 0.453. The predicted molar refractivity (Wildman–Crippen MR) is 40.8 cm³/mol. The van der Waals surface area contributed by atoms with Crippen LogP contribution in [0.2, 0.25) is 0 Å². The van der Waals surface area contributed by atoms with E-state index >= 15 is 0 Å². The van der Waals surface area contributed by atoms with Gasteiger partial charge in [-0.25, -0.2) is 0 Å². The number of likely N-dealkylation sites (tertiary alicyclic amines) is 1. The minimum atomic E-state index is 0.437. The van der Waals surface area contributed by atoms with E-state index in [0.717, 1.165) is 13.0 Å². The van der Waals surface area contributed by atoms with Gasteiger partial charge in [0.05, 0.1) is 12.0 Å². The number of likely N-dealkylation sites (N-methyl/N-ethyl adjacent to an activating group) is 1. The van der Waals surface area contributed by atoms with Crippen LogP contribution in [0.15, 0.2) is 0 Å². The van der Waals surface area contributed by atoms with Gasteiger partial charge in [0.2, 0.25) is 0 Å². The van der Waals surface area contributed by atoms with Crippen molar-refractivity contribution in [3.63, 3.8) is 0 Å². The molecule has 0 amide bonds. The van der Waals surface area contributed by atoms with Gasteiger partial charge in [-0.3, -0.25) is 0 Å². The molecule has 0 spiro atoms. The van der Waals surface area contributed by atoms with E-state index in [1.807, 2.05) is 0 Å². The van der Waals surface area contributed by atoms with Gasteiger partial charge in [-0.2, -0.15) is 12.6 Å². The van der Waals surface area contributed by atoms with Crippen LogP contribution in [-0.4, -0.2) is 37.1 Å². The summed E-state index contributed by atoms with van der Waals surface area (Å²) in [6.07, 6.45) is 1.60. The van der Waals surface area contributed by atoms with Gasteiger partial charge in [0, 0.05) is 13.1 Å². The second kappa shape index (κ2) is 3.44. The van der Waals surface area contributed by atoms with Gasteiger partial charge >= 0.3 is 0 Å². The van der Waals surface area contributed by atoms with E-state index in [1.165, 1.54) is 6.54 Å². The zero-order valence-corrected chi connectivity index (χ0v) is 6.60. The Labute approximate surface area is 61.6 Å². The Balaban J connectivity index is 2.14. The second-order valence-corrected chi connectivity index (χ2v) is 2.73. The zero-order chi connectivity index (χ0) is 6.69. The fourth-order valence-electron chi connectivity index (χ4n) is 1.14. The van der Waals surface area contributed by atoms with E-state index in [9.17, 15) is 0 Å². The third kappa shape index (κ3) is 2.16. The summed E-state index contributed by atoms with van der Waals surface area (Å²) in [7, 11) is 2.11. The third-order valence-corrected chi connectivity index (χ3v) is 1.81. The summed E-state index contributed by atoms with van der Waals surface area (Å²) < 4.78 is 5.30. The summed E-state index contributed by atoms with van der Waals surface area (Å²) in [5.41, 5.74) is 0. The molecule has 1 atom stereocenters. The van der Waals surface area contributed by atoms with Crippen LogP contribution in [-0.2, 0) is 4.74 Å². The molecule has 0 bridgehead atoms. The van der Waals surface area contributed by atoms with Crippen LogP contribution in [0.5, 0.6) is 0 Å². The zero-order valence-electron chi connectivity index (χ0n) is 5.71. The molecule has 1 fully saturated rings. The first kappa shape index (κ1) is 7.38. The van der Waals surface area contributed by atoms with Crippen LogP contribution in [0, 0.1) is 0 Å². The summed E-state index contributed by atoms with van der Waals surface area (Å²) in [5, 5.41) is 0. The van der Waals surface area contributed by atoms with Gasteiger partial charge in [-0.15, -0.1) is 0 Å². The van der Waals surface area contributed by atoms with Crippen molar-refractivity contribution >= 4 is 12.6 Å². The van der Waals surface area contributed by atoms with Crippen LogP contribution in [0.1, 0.15) is 6.42 Å². The lowest BCUT2D eigenvalue weighted by atomic mass is 10.3. The maximum absolute atomic E-state index is 5.30. The monoisotopic (exact) mass is 147 g/mol. The molecule has 54 valence electrons. The lowest BCUT2D eigenvalue weighted by Crippen LogP contribution is -2.18. The van der Waals surface area contributed by atoms with Gasteiger partial charge in [-0.1, -0.05) is 0 Å². The van der Waals surface area contributed by atoms with Crippen molar-refractivity contribution in [1.29, 1.82) is 0 Å². The summed E-state index contributed by atoms with van der Waals surface area (Å²) >= 11 is 3.98. The summed E-state index contributed by atoms with van der Waals surface area (Å²) in [4.78, 5) is 2.27. The fourth-order valence-corrected chi connectivity index (χ4v) is 1.35. The average Bonchev–Trinajstić information content (AvgIpc) is 2.17.